The number of aromatic nitrogens is 1. The molecule has 1 aromatic heterocycles. The molecule has 0 spiro atoms. The van der Waals surface area contributed by atoms with Crippen LogP contribution in [0.2, 0.25) is 0 Å². The number of nitrogens with zero attached hydrogens (tertiary/aromatic N) is 2. The van der Waals surface area contributed by atoms with E-state index >= 15 is 0 Å². The van der Waals surface area contributed by atoms with Crippen molar-refractivity contribution in [1.29, 1.82) is 0 Å². The van der Waals surface area contributed by atoms with E-state index in [2.05, 4.69) is 36.3 Å². The number of carbonyl (C=O) groups is 1. The second-order valence-electron chi connectivity index (χ2n) is 7.15. The number of hydrazone groups is 1. The van der Waals surface area contributed by atoms with Gasteiger partial charge >= 0.3 is 0 Å². The second-order valence-corrected chi connectivity index (χ2v) is 8.15. The summed E-state index contributed by atoms with van der Waals surface area (Å²) in [4.78, 5) is 16.6. The fraction of sp³-hybridized carbons (Fsp3) is 0.688. The summed E-state index contributed by atoms with van der Waals surface area (Å²) in [5.74, 6) is 0.813. The lowest BCUT2D eigenvalue weighted by atomic mass is 9.70. The molecule has 0 radical (unpaired) electrons. The van der Waals surface area contributed by atoms with Crippen molar-refractivity contribution in [1.82, 2.24) is 4.98 Å². The molecule has 2 bridgehead atoms. The van der Waals surface area contributed by atoms with E-state index < -0.39 is 0 Å². The first-order valence-corrected chi connectivity index (χ1v) is 8.39. The van der Waals surface area contributed by atoms with Crippen LogP contribution in [-0.2, 0) is 0 Å². The standard InChI is InChI=1S/C16H23N3OS/c1-9-13(10(2)20)21-14(17-9)19-18-12-8-11-6-7-16(12,5)15(11,3)4/h11H,6-8H2,1-5H3,(H,17,19)/b18-12-/t11-,16+/m0/s1. The molecule has 21 heavy (non-hydrogen) atoms. The van der Waals surface area contributed by atoms with Crippen LogP contribution in [0, 0.1) is 23.7 Å². The van der Waals surface area contributed by atoms with Gasteiger partial charge in [0.25, 0.3) is 0 Å². The number of aryl methyl sites for hydroxylation is 1. The molecule has 0 aromatic carbocycles. The summed E-state index contributed by atoms with van der Waals surface area (Å²) < 4.78 is 0. The van der Waals surface area contributed by atoms with Crippen molar-refractivity contribution >= 4 is 28.0 Å². The topological polar surface area (TPSA) is 54.4 Å². The third-order valence-electron chi connectivity index (χ3n) is 5.92. The normalized spacial score (nSPS) is 31.9. The van der Waals surface area contributed by atoms with Gasteiger partial charge in [-0.2, -0.15) is 5.10 Å². The van der Waals surface area contributed by atoms with Crippen molar-refractivity contribution in [3.8, 4) is 0 Å². The molecule has 1 N–H and O–H groups in total. The largest absolute Gasteiger partial charge is 0.294 e. The van der Waals surface area contributed by atoms with Crippen molar-refractivity contribution in [2.24, 2.45) is 21.8 Å². The van der Waals surface area contributed by atoms with Crippen molar-refractivity contribution in [2.45, 2.75) is 53.9 Å². The number of hydrogen-bond donors (Lipinski definition) is 1. The van der Waals surface area contributed by atoms with Crippen LogP contribution in [0.4, 0.5) is 5.13 Å². The van der Waals surface area contributed by atoms with Crippen LogP contribution in [0.5, 0.6) is 0 Å². The fourth-order valence-corrected chi connectivity index (χ4v) is 4.79. The molecule has 3 rings (SSSR count). The van der Waals surface area contributed by atoms with Gasteiger partial charge in [-0.1, -0.05) is 32.1 Å². The van der Waals surface area contributed by atoms with E-state index in [4.69, 9.17) is 0 Å². The zero-order valence-electron chi connectivity index (χ0n) is 13.4. The highest BCUT2D eigenvalue weighted by Crippen LogP contribution is 2.63. The second kappa shape index (κ2) is 4.63. The number of thiazole rings is 1. The minimum Gasteiger partial charge on any atom is -0.294 e. The van der Waals surface area contributed by atoms with E-state index in [0.717, 1.165) is 28.0 Å². The molecule has 5 heteroatoms. The highest BCUT2D eigenvalue weighted by atomic mass is 32.1. The summed E-state index contributed by atoms with van der Waals surface area (Å²) in [6.45, 7) is 10.5. The lowest BCUT2D eigenvalue weighted by Gasteiger charge is -2.34. The Bertz CT molecular complexity index is 631. The highest BCUT2D eigenvalue weighted by molar-refractivity contribution is 7.17. The Balaban J connectivity index is 1.82. The molecule has 2 fully saturated rings. The Morgan fingerprint density at radius 1 is 1.43 bits per heavy atom. The first-order valence-electron chi connectivity index (χ1n) is 7.57. The first kappa shape index (κ1) is 14.7. The molecule has 0 aliphatic heterocycles. The average Bonchev–Trinajstić information content (AvgIpc) is 2.93. The number of ketones is 1. The number of Topliss-reactive ketones (excluding diaryl/α,β-unsaturated/α-hetero) is 1. The SMILES string of the molecule is CC(=O)c1sc(N/N=C2/C[C@@H]3CC[C@@]2(C)C3(C)C)nc1C. The maximum atomic E-state index is 11.5. The molecular formula is C16H23N3OS. The molecule has 2 aliphatic rings. The van der Waals surface area contributed by atoms with Crippen LogP contribution in [0.25, 0.3) is 0 Å². The molecule has 114 valence electrons. The minimum absolute atomic E-state index is 0.0683. The maximum Gasteiger partial charge on any atom is 0.204 e. The zero-order valence-corrected chi connectivity index (χ0v) is 14.2. The number of rotatable bonds is 3. The Labute approximate surface area is 130 Å². The van der Waals surface area contributed by atoms with E-state index in [1.165, 1.54) is 29.9 Å². The lowest BCUT2D eigenvalue weighted by Crippen LogP contribution is -2.32. The summed E-state index contributed by atoms with van der Waals surface area (Å²) in [6.07, 6.45) is 3.62. The molecule has 4 nitrogen and oxygen atoms in total. The third-order valence-corrected chi connectivity index (χ3v) is 7.08. The molecule has 0 amide bonds. The van der Waals surface area contributed by atoms with E-state index in [-0.39, 0.29) is 11.2 Å². The quantitative estimate of drug-likeness (QED) is 0.670. The van der Waals surface area contributed by atoms with Crippen LogP contribution < -0.4 is 5.43 Å². The monoisotopic (exact) mass is 305 g/mol. The average molecular weight is 305 g/mol. The van der Waals surface area contributed by atoms with Crippen molar-refractivity contribution in [3.05, 3.63) is 10.6 Å². The van der Waals surface area contributed by atoms with Gasteiger partial charge in [0, 0.05) is 18.1 Å². The molecule has 1 heterocycles. The predicted octanol–water partition coefficient (Wildman–Crippen LogP) is 4.27. The summed E-state index contributed by atoms with van der Waals surface area (Å²) in [5, 5.41) is 5.38. The summed E-state index contributed by atoms with van der Waals surface area (Å²) in [6, 6.07) is 0. The molecule has 0 unspecified atom stereocenters. The van der Waals surface area contributed by atoms with Crippen LogP contribution in [0.3, 0.4) is 0 Å². The lowest BCUT2D eigenvalue weighted by molar-refractivity contribution is 0.102. The fourth-order valence-electron chi connectivity index (χ4n) is 3.98. The van der Waals surface area contributed by atoms with Crippen LogP contribution in [0.1, 0.15) is 62.3 Å². The van der Waals surface area contributed by atoms with Crippen LogP contribution in [-0.4, -0.2) is 16.5 Å². The van der Waals surface area contributed by atoms with Crippen LogP contribution in [0.15, 0.2) is 5.10 Å². The predicted molar refractivity (Wildman–Crippen MR) is 87.1 cm³/mol. The van der Waals surface area contributed by atoms with Crippen molar-refractivity contribution in [3.63, 3.8) is 0 Å². The van der Waals surface area contributed by atoms with Crippen molar-refractivity contribution < 1.29 is 4.79 Å². The number of anilines is 1. The van der Waals surface area contributed by atoms with Gasteiger partial charge in [-0.05, 0) is 37.5 Å². The van der Waals surface area contributed by atoms with Gasteiger partial charge in [0.15, 0.2) is 5.78 Å². The first-order chi connectivity index (χ1) is 9.75. The third kappa shape index (κ3) is 2.05. The molecule has 2 aliphatic carbocycles. The highest BCUT2D eigenvalue weighted by Gasteiger charge is 2.59. The Morgan fingerprint density at radius 2 is 2.14 bits per heavy atom. The zero-order chi connectivity index (χ0) is 15.4. The molecular weight excluding hydrogens is 282 g/mol. The van der Waals surface area contributed by atoms with E-state index in [9.17, 15) is 4.79 Å². The Kier molecular flexibility index (Phi) is 3.24. The van der Waals surface area contributed by atoms with Gasteiger partial charge in [-0.25, -0.2) is 4.98 Å². The Hall–Kier alpha value is -1.23. The van der Waals surface area contributed by atoms with Gasteiger partial charge in [-0.3, -0.25) is 10.2 Å². The summed E-state index contributed by atoms with van der Waals surface area (Å²) >= 11 is 1.39. The smallest absolute Gasteiger partial charge is 0.204 e. The summed E-state index contributed by atoms with van der Waals surface area (Å²) in [5.41, 5.74) is 5.67. The number of hydrogen-bond acceptors (Lipinski definition) is 5. The van der Waals surface area contributed by atoms with Crippen molar-refractivity contribution in [2.75, 3.05) is 5.43 Å². The van der Waals surface area contributed by atoms with E-state index in [1.807, 2.05) is 6.92 Å². The van der Waals surface area contributed by atoms with Gasteiger partial charge in [0.05, 0.1) is 10.6 Å². The van der Waals surface area contributed by atoms with Crippen LogP contribution >= 0.6 is 11.3 Å². The summed E-state index contributed by atoms with van der Waals surface area (Å²) in [7, 11) is 0. The molecule has 2 saturated carbocycles. The number of carbonyl (C=O) groups excluding carboxylic acids is 1. The maximum absolute atomic E-state index is 11.5. The van der Waals surface area contributed by atoms with Gasteiger partial charge in [0.1, 0.15) is 0 Å². The molecule has 1 aromatic rings. The Morgan fingerprint density at radius 3 is 2.62 bits per heavy atom. The number of fused-ring (bicyclic) bond motifs is 2. The van der Waals surface area contributed by atoms with E-state index in [1.54, 1.807) is 6.92 Å². The molecule has 0 saturated heterocycles. The number of nitrogens with one attached hydrogen (secondary N) is 1. The van der Waals surface area contributed by atoms with Gasteiger partial charge in [-0.15, -0.1) is 0 Å². The molecule has 2 atom stereocenters. The van der Waals surface area contributed by atoms with Gasteiger partial charge in [0.2, 0.25) is 5.13 Å². The van der Waals surface area contributed by atoms with E-state index in [0.29, 0.717) is 5.41 Å². The minimum atomic E-state index is 0.0683. The van der Waals surface area contributed by atoms with Gasteiger partial charge < -0.3 is 0 Å².